The number of benzene rings is 2. The molecule has 0 radical (unpaired) electrons. The van der Waals surface area contributed by atoms with Crippen molar-refractivity contribution in [3.63, 3.8) is 0 Å². The zero-order valence-corrected chi connectivity index (χ0v) is 20.3. The van der Waals surface area contributed by atoms with Crippen molar-refractivity contribution in [3.05, 3.63) is 92.1 Å². The summed E-state index contributed by atoms with van der Waals surface area (Å²) in [5.41, 5.74) is 0.552. The molecule has 190 valence electrons. The molecule has 5 rings (SSSR count). The number of aromatic nitrogens is 1. The predicted molar refractivity (Wildman–Crippen MR) is 127 cm³/mol. The van der Waals surface area contributed by atoms with Crippen LogP contribution in [0, 0.1) is 5.82 Å². The van der Waals surface area contributed by atoms with E-state index in [1.807, 2.05) is 0 Å². The fraction of sp³-hybridized carbons (Fsp3) is 0.292. The van der Waals surface area contributed by atoms with Crippen LogP contribution in [0.15, 0.2) is 58.4 Å². The lowest BCUT2D eigenvalue weighted by molar-refractivity contribution is -0.207. The Kier molecular flexibility index (Phi) is 6.22. The number of nitrogens with zero attached hydrogens (tertiary/aromatic N) is 3. The lowest BCUT2D eigenvalue weighted by Crippen LogP contribution is -2.59. The van der Waals surface area contributed by atoms with Crippen molar-refractivity contribution in [2.24, 2.45) is 0 Å². The van der Waals surface area contributed by atoms with Gasteiger partial charge in [0.05, 0.1) is 12.7 Å². The first-order valence-corrected chi connectivity index (χ1v) is 12.3. The molecule has 3 atom stereocenters. The topological polar surface area (TPSA) is 68.9 Å². The van der Waals surface area contributed by atoms with E-state index in [0.29, 0.717) is 26.8 Å². The van der Waals surface area contributed by atoms with Gasteiger partial charge in [-0.3, -0.25) is 14.5 Å². The van der Waals surface area contributed by atoms with Gasteiger partial charge in [0.15, 0.2) is 12.0 Å². The molecule has 36 heavy (non-hydrogen) atoms. The first-order valence-electron chi connectivity index (χ1n) is 10.9. The van der Waals surface area contributed by atoms with Crippen LogP contribution in [0.25, 0.3) is 0 Å². The molecule has 0 bridgehead atoms. The fourth-order valence-electron chi connectivity index (χ4n) is 4.68. The number of hydrogen-bond acceptors (Lipinski definition) is 6. The summed E-state index contributed by atoms with van der Waals surface area (Å²) >= 11 is 7.92. The molecule has 3 aromatic rings. The summed E-state index contributed by atoms with van der Waals surface area (Å²) in [4.78, 5) is 13.7. The Morgan fingerprint density at radius 2 is 1.92 bits per heavy atom. The highest BCUT2D eigenvalue weighted by molar-refractivity contribution is 7.98. The fourth-order valence-corrected chi connectivity index (χ4v) is 6.13. The van der Waals surface area contributed by atoms with E-state index in [0.717, 1.165) is 23.5 Å². The molecule has 2 aliphatic heterocycles. The molecule has 0 saturated heterocycles. The van der Waals surface area contributed by atoms with Crippen molar-refractivity contribution in [1.29, 1.82) is 0 Å². The number of aliphatic hydroxyl groups is 1. The van der Waals surface area contributed by atoms with E-state index in [2.05, 4.69) is 0 Å². The average Bonchev–Trinajstić information content (AvgIpc) is 2.98. The SMILES string of the molecule is C[C@@H](N1CN([C@@H]2c3cc(F)ccc3SCc3c(Cl)cccc32)n2ccc(=O)c(O)c2C1O)C(F)(F)F. The molecule has 6 nitrogen and oxygen atoms in total. The zero-order valence-electron chi connectivity index (χ0n) is 18.7. The molecule has 0 spiro atoms. The Labute approximate surface area is 212 Å². The Morgan fingerprint density at radius 1 is 1.17 bits per heavy atom. The number of rotatable bonds is 2. The largest absolute Gasteiger partial charge is 0.503 e. The lowest BCUT2D eigenvalue weighted by Gasteiger charge is -2.48. The van der Waals surface area contributed by atoms with Crippen molar-refractivity contribution >= 4 is 23.4 Å². The summed E-state index contributed by atoms with van der Waals surface area (Å²) in [7, 11) is 0. The number of hydrogen-bond donors (Lipinski definition) is 2. The minimum Gasteiger partial charge on any atom is -0.503 e. The number of aromatic hydroxyl groups is 1. The van der Waals surface area contributed by atoms with Gasteiger partial charge in [-0.1, -0.05) is 23.7 Å². The highest BCUT2D eigenvalue weighted by atomic mass is 35.5. The van der Waals surface area contributed by atoms with Crippen LogP contribution in [0.2, 0.25) is 5.02 Å². The van der Waals surface area contributed by atoms with E-state index < -0.39 is 53.8 Å². The molecule has 0 aliphatic carbocycles. The van der Waals surface area contributed by atoms with Crippen LogP contribution in [0.1, 0.15) is 41.6 Å². The molecular weight excluding hydrogens is 522 g/mol. The highest BCUT2D eigenvalue weighted by Crippen LogP contribution is 2.46. The Morgan fingerprint density at radius 3 is 2.64 bits per heavy atom. The number of fused-ring (bicyclic) bond motifs is 3. The summed E-state index contributed by atoms with van der Waals surface area (Å²) in [5.74, 6) is -0.973. The molecule has 12 heteroatoms. The molecule has 2 N–H and O–H groups in total. The molecule has 0 amide bonds. The summed E-state index contributed by atoms with van der Waals surface area (Å²) in [6.45, 7) is 0.422. The van der Waals surface area contributed by atoms with Gasteiger partial charge in [0.2, 0.25) is 5.43 Å². The van der Waals surface area contributed by atoms with Gasteiger partial charge in [-0.2, -0.15) is 13.2 Å². The van der Waals surface area contributed by atoms with Crippen molar-refractivity contribution in [3.8, 4) is 5.75 Å². The quantitative estimate of drug-likeness (QED) is 0.450. The number of aliphatic hydroxyl groups excluding tert-OH is 1. The van der Waals surface area contributed by atoms with Crippen LogP contribution in [-0.4, -0.2) is 38.7 Å². The molecule has 2 aliphatic rings. The van der Waals surface area contributed by atoms with Crippen molar-refractivity contribution < 1.29 is 27.8 Å². The van der Waals surface area contributed by atoms with Crippen LogP contribution in [-0.2, 0) is 5.75 Å². The summed E-state index contributed by atoms with van der Waals surface area (Å²) in [5, 5.41) is 23.4. The average molecular weight is 542 g/mol. The van der Waals surface area contributed by atoms with Gasteiger partial charge in [0, 0.05) is 27.9 Å². The van der Waals surface area contributed by atoms with Gasteiger partial charge in [-0.15, -0.1) is 11.8 Å². The number of thioether (sulfide) groups is 1. The molecule has 2 aromatic carbocycles. The maximum Gasteiger partial charge on any atom is 0.403 e. The van der Waals surface area contributed by atoms with E-state index in [1.165, 1.54) is 39.8 Å². The summed E-state index contributed by atoms with van der Waals surface area (Å²) < 4.78 is 57.2. The number of alkyl halides is 3. The normalized spacial score (nSPS) is 20.8. The molecule has 0 fully saturated rings. The summed E-state index contributed by atoms with van der Waals surface area (Å²) in [6, 6.07) is 7.42. The van der Waals surface area contributed by atoms with Gasteiger partial charge in [0.25, 0.3) is 0 Å². The second-order valence-corrected chi connectivity index (χ2v) is 10.1. The van der Waals surface area contributed by atoms with Gasteiger partial charge in [-0.25, -0.2) is 9.29 Å². The highest BCUT2D eigenvalue weighted by Gasteiger charge is 2.48. The maximum absolute atomic E-state index is 14.5. The van der Waals surface area contributed by atoms with E-state index in [9.17, 15) is 32.6 Å². The Balaban J connectivity index is 1.80. The van der Waals surface area contributed by atoms with E-state index in [1.54, 1.807) is 24.3 Å². The lowest BCUT2D eigenvalue weighted by atomic mass is 9.94. The Bertz CT molecular complexity index is 1400. The van der Waals surface area contributed by atoms with Crippen LogP contribution < -0.4 is 10.4 Å². The van der Waals surface area contributed by atoms with Crippen LogP contribution in [0.3, 0.4) is 0 Å². The second-order valence-electron chi connectivity index (χ2n) is 8.63. The third-order valence-electron chi connectivity index (χ3n) is 6.59. The first kappa shape index (κ1) is 24.9. The third kappa shape index (κ3) is 4.03. The third-order valence-corrected chi connectivity index (χ3v) is 8.06. The molecule has 1 aromatic heterocycles. The number of pyridine rings is 1. The molecule has 0 saturated carbocycles. The maximum atomic E-state index is 14.5. The monoisotopic (exact) mass is 541 g/mol. The van der Waals surface area contributed by atoms with E-state index >= 15 is 0 Å². The van der Waals surface area contributed by atoms with Gasteiger partial charge < -0.3 is 10.2 Å². The second kappa shape index (κ2) is 8.98. The van der Waals surface area contributed by atoms with Crippen LogP contribution in [0.5, 0.6) is 5.75 Å². The van der Waals surface area contributed by atoms with Crippen molar-refractivity contribution in [2.75, 3.05) is 11.7 Å². The van der Waals surface area contributed by atoms with Crippen molar-refractivity contribution in [2.45, 2.75) is 42.1 Å². The smallest absolute Gasteiger partial charge is 0.403 e. The van der Waals surface area contributed by atoms with Gasteiger partial charge in [0.1, 0.15) is 17.6 Å². The molecule has 1 unspecified atom stereocenters. The first-order chi connectivity index (χ1) is 17.0. The van der Waals surface area contributed by atoms with Gasteiger partial charge >= 0.3 is 6.18 Å². The standard InChI is InChI=1S/C24H20ClF4N3O3S/c1-12(24(27,28)29)30-11-32(31-8-7-18(33)22(34)21(31)23(30)35)20-14-3-2-4-17(25)16(14)10-36-19-6-5-13(26)9-15(19)20/h2-9,12,20,23,34-35H,10-11H2,1H3/t12-,20+,23?/m1/s1. The minimum absolute atomic E-state index is 0.414. The van der Waals surface area contributed by atoms with E-state index in [4.69, 9.17) is 11.6 Å². The minimum atomic E-state index is -4.72. The Hall–Kier alpha value is -2.73. The van der Waals surface area contributed by atoms with Crippen molar-refractivity contribution in [1.82, 2.24) is 9.58 Å². The summed E-state index contributed by atoms with van der Waals surface area (Å²) in [6.07, 6.45) is -5.38. The van der Waals surface area contributed by atoms with Crippen LogP contribution in [0.4, 0.5) is 17.6 Å². The van der Waals surface area contributed by atoms with Gasteiger partial charge in [-0.05, 0) is 47.9 Å². The van der Waals surface area contributed by atoms with E-state index in [-0.39, 0.29) is 0 Å². The van der Waals surface area contributed by atoms with Crippen LogP contribution >= 0.6 is 23.4 Å². The predicted octanol–water partition coefficient (Wildman–Crippen LogP) is 4.89. The zero-order chi connectivity index (χ0) is 25.9. The number of halogens is 5. The molecule has 3 heterocycles. The molecular formula is C24H20ClF4N3O3S.